The van der Waals surface area contributed by atoms with Crippen LogP contribution in [-0.4, -0.2) is 24.2 Å². The molecule has 1 atom stereocenters. The summed E-state index contributed by atoms with van der Waals surface area (Å²) < 4.78 is 59.6. The zero-order chi connectivity index (χ0) is 21.1. The summed E-state index contributed by atoms with van der Waals surface area (Å²) in [5.41, 5.74) is -1.56. The highest BCUT2D eigenvalue weighted by Gasteiger charge is 2.28. The van der Waals surface area contributed by atoms with Crippen molar-refractivity contribution >= 4 is 29.9 Å². The number of aliphatic hydroxyl groups is 1. The molecule has 1 aromatic carbocycles. The van der Waals surface area contributed by atoms with E-state index in [4.69, 9.17) is 4.42 Å². The normalized spacial score (nSPS) is 13.6. The number of aliphatic imine (C=N–C) groups is 1. The topological polar surface area (TPSA) is 69.8 Å². The molecule has 29 heavy (non-hydrogen) atoms. The lowest BCUT2D eigenvalue weighted by Crippen LogP contribution is -2.44. The Hall–Kier alpha value is -1.82. The lowest BCUT2D eigenvalue weighted by Gasteiger charge is -2.24. The molecule has 162 valence electrons. The predicted octanol–water partition coefficient (Wildman–Crippen LogP) is 4.03. The summed E-state index contributed by atoms with van der Waals surface area (Å²) in [4.78, 5) is 3.96. The van der Waals surface area contributed by atoms with E-state index in [9.17, 15) is 22.7 Å². The van der Waals surface area contributed by atoms with Crippen LogP contribution in [0.3, 0.4) is 0 Å². The second-order valence-electron chi connectivity index (χ2n) is 6.60. The van der Waals surface area contributed by atoms with Gasteiger partial charge in [-0.2, -0.15) is 0 Å². The highest BCUT2D eigenvalue weighted by atomic mass is 127. The minimum absolute atomic E-state index is 0. The number of hydrogen-bond donors (Lipinski definition) is 3. The van der Waals surface area contributed by atoms with Crippen LogP contribution in [0.1, 0.15) is 36.5 Å². The number of nitrogens with one attached hydrogen (secondary N) is 2. The monoisotopic (exact) mass is 529 g/mol. The van der Waals surface area contributed by atoms with Gasteiger partial charge in [-0.3, -0.25) is 0 Å². The molecule has 0 aliphatic rings. The Morgan fingerprint density at radius 2 is 1.69 bits per heavy atom. The molecule has 10 heteroatoms. The summed E-state index contributed by atoms with van der Waals surface area (Å²) >= 11 is 0. The van der Waals surface area contributed by atoms with Gasteiger partial charge in [0.05, 0.1) is 18.7 Å². The number of guanidine groups is 1. The van der Waals surface area contributed by atoms with Crippen LogP contribution in [0.5, 0.6) is 0 Å². The van der Waals surface area contributed by atoms with Gasteiger partial charge in [0.15, 0.2) is 29.2 Å². The number of halogens is 5. The van der Waals surface area contributed by atoms with Crippen molar-refractivity contribution in [3.63, 3.8) is 0 Å². The fourth-order valence-electron chi connectivity index (χ4n) is 2.78. The first-order valence-electron chi connectivity index (χ1n) is 8.70. The summed E-state index contributed by atoms with van der Waals surface area (Å²) in [5, 5.41) is 16.4. The lowest BCUT2D eigenvalue weighted by atomic mass is 9.96. The zero-order valence-electron chi connectivity index (χ0n) is 16.5. The second kappa shape index (κ2) is 10.3. The molecule has 1 aromatic heterocycles. The van der Waals surface area contributed by atoms with Gasteiger partial charge in [-0.25, -0.2) is 22.6 Å². The molecule has 0 saturated heterocycles. The number of nitrogens with zero attached hydrogens (tertiary/aromatic N) is 1. The molecule has 0 radical (unpaired) electrons. The average Bonchev–Trinajstić information content (AvgIpc) is 2.97. The van der Waals surface area contributed by atoms with Crippen LogP contribution in [0.4, 0.5) is 17.6 Å². The summed E-state index contributed by atoms with van der Waals surface area (Å²) in [6, 6.07) is 1.86. The fraction of sp³-hybridized carbons (Fsp3) is 0.421. The van der Waals surface area contributed by atoms with E-state index in [1.165, 1.54) is 0 Å². The van der Waals surface area contributed by atoms with Gasteiger partial charge in [0.2, 0.25) is 0 Å². The maximum absolute atomic E-state index is 13.8. The quantitative estimate of drug-likeness (QED) is 0.174. The molecule has 2 aromatic rings. The second-order valence-corrected chi connectivity index (χ2v) is 6.60. The van der Waals surface area contributed by atoms with Crippen molar-refractivity contribution in [1.29, 1.82) is 0 Å². The number of hydrogen-bond acceptors (Lipinski definition) is 3. The Kier molecular flexibility index (Phi) is 8.94. The molecule has 1 unspecified atom stereocenters. The minimum atomic E-state index is -1.49. The third-order valence-corrected chi connectivity index (χ3v) is 4.16. The van der Waals surface area contributed by atoms with Crippen LogP contribution in [-0.2, 0) is 12.1 Å². The first kappa shape index (κ1) is 25.2. The molecule has 0 saturated carbocycles. The van der Waals surface area contributed by atoms with E-state index in [1.54, 1.807) is 33.8 Å². The molecule has 1 heterocycles. The van der Waals surface area contributed by atoms with Crippen molar-refractivity contribution in [2.24, 2.45) is 4.99 Å². The third kappa shape index (κ3) is 6.08. The van der Waals surface area contributed by atoms with Gasteiger partial charge in [0, 0.05) is 18.2 Å². The van der Waals surface area contributed by atoms with Gasteiger partial charge >= 0.3 is 0 Å². The van der Waals surface area contributed by atoms with E-state index in [-0.39, 0.29) is 42.5 Å². The van der Waals surface area contributed by atoms with Crippen LogP contribution in [0.2, 0.25) is 0 Å². The van der Waals surface area contributed by atoms with Crippen LogP contribution in [0, 0.1) is 37.1 Å². The van der Waals surface area contributed by atoms with E-state index in [2.05, 4.69) is 15.6 Å². The molecular weight excluding hydrogens is 505 g/mol. The van der Waals surface area contributed by atoms with Gasteiger partial charge in [0.25, 0.3) is 0 Å². The predicted molar refractivity (Wildman–Crippen MR) is 112 cm³/mol. The average molecular weight is 529 g/mol. The maximum atomic E-state index is 13.8. The SMILES string of the molecule is CCNC(=NCc1c(F)c(F)cc(F)c1F)NCC(C)(O)c1cc(C)oc1C.I. The van der Waals surface area contributed by atoms with Crippen LogP contribution in [0.25, 0.3) is 0 Å². The maximum Gasteiger partial charge on any atom is 0.191 e. The summed E-state index contributed by atoms with van der Waals surface area (Å²) in [5.74, 6) is -4.64. The van der Waals surface area contributed by atoms with Crippen molar-refractivity contribution in [3.8, 4) is 0 Å². The van der Waals surface area contributed by atoms with Crippen molar-refractivity contribution in [3.05, 3.63) is 58.0 Å². The molecule has 0 aliphatic heterocycles. The molecule has 5 nitrogen and oxygen atoms in total. The molecule has 2 rings (SSSR count). The number of benzene rings is 1. The van der Waals surface area contributed by atoms with E-state index in [0.717, 1.165) is 0 Å². The Morgan fingerprint density at radius 1 is 1.10 bits per heavy atom. The first-order valence-corrected chi connectivity index (χ1v) is 8.70. The van der Waals surface area contributed by atoms with E-state index >= 15 is 0 Å². The van der Waals surface area contributed by atoms with Crippen molar-refractivity contribution in [2.75, 3.05) is 13.1 Å². The standard InChI is InChI=1S/C19H23F4N3O2.HI/c1-5-24-18(25-8-12-16(22)14(20)7-15(21)17(12)23)26-9-19(4,27)13-6-10(2)28-11(13)3;/h6-7,27H,5,8-9H2,1-4H3,(H2,24,25,26);1H. The molecule has 0 aliphatic carbocycles. The first-order chi connectivity index (χ1) is 13.1. The van der Waals surface area contributed by atoms with Crippen LogP contribution in [0.15, 0.2) is 21.5 Å². The molecule has 0 bridgehead atoms. The Labute approximate surface area is 183 Å². The summed E-state index contributed by atoms with van der Waals surface area (Å²) in [7, 11) is 0. The fourth-order valence-corrected chi connectivity index (χ4v) is 2.78. The van der Waals surface area contributed by atoms with Crippen molar-refractivity contribution in [1.82, 2.24) is 10.6 Å². The van der Waals surface area contributed by atoms with Gasteiger partial charge in [-0.15, -0.1) is 24.0 Å². The largest absolute Gasteiger partial charge is 0.466 e. The van der Waals surface area contributed by atoms with Crippen molar-refractivity contribution < 1.29 is 27.1 Å². The number of aryl methyl sites for hydroxylation is 2. The smallest absolute Gasteiger partial charge is 0.191 e. The van der Waals surface area contributed by atoms with Gasteiger partial charge in [-0.1, -0.05) is 0 Å². The van der Waals surface area contributed by atoms with E-state index in [1.807, 2.05) is 0 Å². The molecule has 0 spiro atoms. The molecule has 3 N–H and O–H groups in total. The van der Waals surface area contributed by atoms with Gasteiger partial charge in [0.1, 0.15) is 17.1 Å². The summed E-state index contributed by atoms with van der Waals surface area (Å²) in [6.07, 6.45) is 0. The van der Waals surface area contributed by atoms with Crippen molar-refractivity contribution in [2.45, 2.75) is 39.8 Å². The van der Waals surface area contributed by atoms with E-state index < -0.39 is 41.0 Å². The Bertz CT molecular complexity index is 859. The minimum Gasteiger partial charge on any atom is -0.466 e. The van der Waals surface area contributed by atoms with Crippen LogP contribution >= 0.6 is 24.0 Å². The zero-order valence-corrected chi connectivity index (χ0v) is 18.8. The molecule has 0 fully saturated rings. The highest BCUT2D eigenvalue weighted by Crippen LogP contribution is 2.26. The van der Waals surface area contributed by atoms with Gasteiger partial charge in [-0.05, 0) is 33.8 Å². The number of rotatable bonds is 6. The Morgan fingerprint density at radius 3 is 2.17 bits per heavy atom. The third-order valence-electron chi connectivity index (χ3n) is 4.16. The summed E-state index contributed by atoms with van der Waals surface area (Å²) in [6.45, 7) is 6.60. The highest BCUT2D eigenvalue weighted by molar-refractivity contribution is 14.0. The molecule has 0 amide bonds. The number of furan rings is 1. The van der Waals surface area contributed by atoms with Crippen LogP contribution < -0.4 is 10.6 Å². The Balaban J connectivity index is 0.00000420. The van der Waals surface area contributed by atoms with E-state index in [0.29, 0.717) is 23.6 Å². The van der Waals surface area contributed by atoms with Gasteiger partial charge < -0.3 is 20.2 Å². The lowest BCUT2D eigenvalue weighted by molar-refractivity contribution is 0.0601. The molecular formula is C19H24F4IN3O2.